The molecule has 0 saturated heterocycles. The van der Waals surface area contributed by atoms with Crippen LogP contribution in [-0.2, 0) is 22.5 Å². The van der Waals surface area contributed by atoms with Gasteiger partial charge in [0.15, 0.2) is 0 Å². The number of imidazole rings is 1. The number of rotatable bonds is 8. The van der Waals surface area contributed by atoms with Gasteiger partial charge >= 0.3 is 5.97 Å². The van der Waals surface area contributed by atoms with Gasteiger partial charge in [0.25, 0.3) is 5.91 Å². The molecule has 7 heteroatoms. The van der Waals surface area contributed by atoms with E-state index in [9.17, 15) is 9.59 Å². The minimum Gasteiger partial charge on any atom is -0.462 e. The number of hydrogen-bond acceptors (Lipinski definition) is 5. The number of esters is 1. The number of amides is 1. The van der Waals surface area contributed by atoms with Gasteiger partial charge in [-0.15, -0.1) is 0 Å². The molecule has 2 heterocycles. The molecule has 0 unspecified atom stereocenters. The molecule has 3 aromatic rings. The number of nitrogens with zero attached hydrogens (tertiary/aromatic N) is 3. The van der Waals surface area contributed by atoms with E-state index in [1.165, 1.54) is 6.20 Å². The summed E-state index contributed by atoms with van der Waals surface area (Å²) in [5.74, 6) is 0.365. The Morgan fingerprint density at radius 1 is 1.18 bits per heavy atom. The molecule has 0 aliphatic rings. The van der Waals surface area contributed by atoms with E-state index in [-0.39, 0.29) is 24.5 Å². The van der Waals surface area contributed by atoms with E-state index in [2.05, 4.69) is 15.3 Å². The van der Waals surface area contributed by atoms with E-state index in [4.69, 9.17) is 4.74 Å². The molecule has 7 nitrogen and oxygen atoms in total. The highest BCUT2D eigenvalue weighted by Gasteiger charge is 2.15. The molecule has 1 amide bonds. The Labute approximate surface area is 163 Å². The summed E-state index contributed by atoms with van der Waals surface area (Å²) in [6, 6.07) is 11.2. The molecule has 0 saturated carbocycles. The number of nitrogens with one attached hydrogen (secondary N) is 1. The molecular formula is C21H24N4O3. The van der Waals surface area contributed by atoms with E-state index in [0.29, 0.717) is 24.9 Å². The second-order valence-electron chi connectivity index (χ2n) is 6.74. The Hall–Kier alpha value is -3.22. The molecule has 0 radical (unpaired) electrons. The Morgan fingerprint density at radius 3 is 2.75 bits per heavy atom. The third-order valence-electron chi connectivity index (χ3n) is 4.17. The van der Waals surface area contributed by atoms with Gasteiger partial charge in [-0.05, 0) is 44.5 Å². The lowest BCUT2D eigenvalue weighted by Gasteiger charge is -2.11. The maximum atomic E-state index is 12.2. The van der Waals surface area contributed by atoms with Crippen molar-refractivity contribution in [2.45, 2.75) is 39.3 Å². The molecule has 0 aliphatic heterocycles. The zero-order valence-corrected chi connectivity index (χ0v) is 16.1. The van der Waals surface area contributed by atoms with Crippen LogP contribution in [0.5, 0.6) is 0 Å². The van der Waals surface area contributed by atoms with Crippen molar-refractivity contribution in [2.75, 3.05) is 6.54 Å². The van der Waals surface area contributed by atoms with Gasteiger partial charge in [0.1, 0.15) is 12.4 Å². The molecular weight excluding hydrogens is 356 g/mol. The van der Waals surface area contributed by atoms with Crippen molar-refractivity contribution in [3.8, 4) is 0 Å². The molecule has 0 atom stereocenters. The van der Waals surface area contributed by atoms with Gasteiger partial charge in [0, 0.05) is 25.4 Å². The first-order chi connectivity index (χ1) is 13.5. The summed E-state index contributed by atoms with van der Waals surface area (Å²) in [7, 11) is 0. The van der Waals surface area contributed by atoms with Crippen LogP contribution < -0.4 is 5.32 Å². The number of fused-ring (bicyclic) bond motifs is 1. The Balaban J connectivity index is 1.64. The summed E-state index contributed by atoms with van der Waals surface area (Å²) >= 11 is 0. The molecule has 146 valence electrons. The van der Waals surface area contributed by atoms with Crippen LogP contribution in [0.3, 0.4) is 0 Å². The van der Waals surface area contributed by atoms with Crippen LogP contribution in [0.4, 0.5) is 0 Å². The average molecular weight is 380 g/mol. The second kappa shape index (κ2) is 9.12. The number of pyridine rings is 1. The number of para-hydroxylation sites is 2. The molecule has 1 N–H and O–H groups in total. The van der Waals surface area contributed by atoms with Crippen LogP contribution in [0.15, 0.2) is 48.8 Å². The maximum Gasteiger partial charge on any atom is 0.326 e. The van der Waals surface area contributed by atoms with Gasteiger partial charge in [-0.2, -0.15) is 0 Å². The van der Waals surface area contributed by atoms with Gasteiger partial charge in [0.05, 0.1) is 22.7 Å². The van der Waals surface area contributed by atoms with Crippen LogP contribution in [0.1, 0.15) is 36.5 Å². The molecule has 1 aromatic carbocycles. The normalized spacial score (nSPS) is 11.0. The van der Waals surface area contributed by atoms with Crippen LogP contribution >= 0.6 is 0 Å². The topological polar surface area (TPSA) is 86.1 Å². The Bertz CT molecular complexity index is 951. The fourth-order valence-electron chi connectivity index (χ4n) is 2.97. The van der Waals surface area contributed by atoms with Gasteiger partial charge in [-0.3, -0.25) is 14.6 Å². The lowest BCUT2D eigenvalue weighted by atomic mass is 10.2. The SMILES string of the molecule is CC(C)OC(=O)Cn1c(CCCNC(=O)c2cccnc2)nc2ccccc21. The number of aromatic nitrogens is 3. The fourth-order valence-corrected chi connectivity index (χ4v) is 2.97. The largest absolute Gasteiger partial charge is 0.462 e. The number of ether oxygens (including phenoxy) is 1. The zero-order valence-electron chi connectivity index (χ0n) is 16.1. The number of hydrogen-bond donors (Lipinski definition) is 1. The van der Waals surface area contributed by atoms with Gasteiger partial charge in [0.2, 0.25) is 0 Å². The quantitative estimate of drug-likeness (QED) is 0.480. The number of carbonyl (C=O) groups excluding carboxylic acids is 2. The van der Waals surface area contributed by atoms with Crippen molar-refractivity contribution in [1.29, 1.82) is 0 Å². The highest BCUT2D eigenvalue weighted by atomic mass is 16.5. The molecule has 2 aromatic heterocycles. The lowest BCUT2D eigenvalue weighted by Crippen LogP contribution is -2.25. The number of benzene rings is 1. The van der Waals surface area contributed by atoms with E-state index in [1.807, 2.05) is 42.7 Å². The molecule has 0 aliphatic carbocycles. The van der Waals surface area contributed by atoms with Crippen LogP contribution in [-0.4, -0.2) is 39.1 Å². The summed E-state index contributed by atoms with van der Waals surface area (Å²) in [6.07, 6.45) is 4.35. The van der Waals surface area contributed by atoms with Crippen molar-refractivity contribution in [1.82, 2.24) is 19.9 Å². The highest BCUT2D eigenvalue weighted by molar-refractivity contribution is 5.93. The van der Waals surface area contributed by atoms with E-state index >= 15 is 0 Å². The fraction of sp³-hybridized carbons (Fsp3) is 0.333. The van der Waals surface area contributed by atoms with Crippen molar-refractivity contribution >= 4 is 22.9 Å². The minimum absolute atomic E-state index is 0.121. The van der Waals surface area contributed by atoms with Crippen LogP contribution in [0.25, 0.3) is 11.0 Å². The third kappa shape index (κ3) is 4.94. The van der Waals surface area contributed by atoms with E-state index in [1.54, 1.807) is 18.3 Å². The minimum atomic E-state index is -0.288. The maximum absolute atomic E-state index is 12.2. The first-order valence-electron chi connectivity index (χ1n) is 9.36. The van der Waals surface area contributed by atoms with E-state index in [0.717, 1.165) is 16.9 Å². The van der Waals surface area contributed by atoms with E-state index < -0.39 is 0 Å². The van der Waals surface area contributed by atoms with Crippen molar-refractivity contribution < 1.29 is 14.3 Å². The molecule has 28 heavy (non-hydrogen) atoms. The highest BCUT2D eigenvalue weighted by Crippen LogP contribution is 2.17. The molecule has 0 fully saturated rings. The molecule has 0 bridgehead atoms. The zero-order chi connectivity index (χ0) is 19.9. The van der Waals surface area contributed by atoms with Crippen LogP contribution in [0.2, 0.25) is 0 Å². The van der Waals surface area contributed by atoms with Crippen molar-refractivity contribution in [3.63, 3.8) is 0 Å². The predicted molar refractivity (Wildman–Crippen MR) is 106 cm³/mol. The first-order valence-corrected chi connectivity index (χ1v) is 9.36. The second-order valence-corrected chi connectivity index (χ2v) is 6.74. The number of aryl methyl sites for hydroxylation is 1. The summed E-state index contributed by atoms with van der Waals surface area (Å²) in [6.45, 7) is 4.29. The summed E-state index contributed by atoms with van der Waals surface area (Å²) in [4.78, 5) is 32.8. The molecule has 0 spiro atoms. The van der Waals surface area contributed by atoms with Crippen molar-refractivity contribution in [2.24, 2.45) is 0 Å². The number of carbonyl (C=O) groups is 2. The van der Waals surface area contributed by atoms with Gasteiger partial charge in [-0.1, -0.05) is 12.1 Å². The monoisotopic (exact) mass is 380 g/mol. The lowest BCUT2D eigenvalue weighted by molar-refractivity contribution is -0.148. The molecule has 3 rings (SSSR count). The average Bonchev–Trinajstić information content (AvgIpc) is 3.02. The smallest absolute Gasteiger partial charge is 0.326 e. The van der Waals surface area contributed by atoms with Gasteiger partial charge < -0.3 is 14.6 Å². The first kappa shape index (κ1) is 19.5. The van der Waals surface area contributed by atoms with Crippen LogP contribution in [0, 0.1) is 0 Å². The summed E-state index contributed by atoms with van der Waals surface area (Å²) < 4.78 is 7.17. The van der Waals surface area contributed by atoms with Gasteiger partial charge in [-0.25, -0.2) is 4.98 Å². The summed E-state index contributed by atoms with van der Waals surface area (Å²) in [5.41, 5.74) is 2.28. The standard InChI is InChI=1S/C21H24N4O3/c1-15(2)28-20(26)14-25-18-9-4-3-8-17(18)24-19(25)10-6-12-23-21(27)16-7-5-11-22-13-16/h3-5,7-9,11,13,15H,6,10,12,14H2,1-2H3,(H,23,27). The predicted octanol–water partition coefficient (Wildman–Crippen LogP) is 2.75. The van der Waals surface area contributed by atoms with Crippen molar-refractivity contribution in [3.05, 3.63) is 60.2 Å². The Kier molecular flexibility index (Phi) is 6.37. The Morgan fingerprint density at radius 2 is 2.00 bits per heavy atom. The third-order valence-corrected chi connectivity index (χ3v) is 4.17. The summed E-state index contributed by atoms with van der Waals surface area (Å²) in [5, 5.41) is 2.88.